The first-order valence-electron chi connectivity index (χ1n) is 7.18. The maximum absolute atomic E-state index is 13.6. The van der Waals surface area contributed by atoms with E-state index < -0.39 is 0 Å². The molecular formula is C18H22FNO. The quantitative estimate of drug-likeness (QED) is 0.885. The van der Waals surface area contributed by atoms with E-state index in [0.29, 0.717) is 11.8 Å². The SMILES string of the molecule is COc1ccc(F)cc1-c1cc(CNC(C)C)ccc1C. The average molecular weight is 287 g/mol. The highest BCUT2D eigenvalue weighted by molar-refractivity contribution is 5.73. The summed E-state index contributed by atoms with van der Waals surface area (Å²) in [5.74, 6) is 0.435. The van der Waals surface area contributed by atoms with Gasteiger partial charge in [-0.3, -0.25) is 0 Å². The van der Waals surface area contributed by atoms with Crippen molar-refractivity contribution in [3.05, 3.63) is 53.3 Å². The zero-order chi connectivity index (χ0) is 15.4. The fraction of sp³-hybridized carbons (Fsp3) is 0.333. The lowest BCUT2D eigenvalue weighted by Crippen LogP contribution is -2.21. The lowest BCUT2D eigenvalue weighted by atomic mass is 9.97. The molecule has 0 unspecified atom stereocenters. The molecule has 2 aromatic carbocycles. The first-order valence-corrected chi connectivity index (χ1v) is 7.18. The van der Waals surface area contributed by atoms with Crippen LogP contribution in [0.3, 0.4) is 0 Å². The number of ether oxygens (including phenoxy) is 1. The van der Waals surface area contributed by atoms with Gasteiger partial charge in [-0.25, -0.2) is 4.39 Å². The van der Waals surface area contributed by atoms with Gasteiger partial charge in [-0.15, -0.1) is 0 Å². The van der Waals surface area contributed by atoms with E-state index in [9.17, 15) is 4.39 Å². The second-order valence-electron chi connectivity index (χ2n) is 5.53. The summed E-state index contributed by atoms with van der Waals surface area (Å²) in [6.45, 7) is 7.05. The van der Waals surface area contributed by atoms with Crippen molar-refractivity contribution in [2.75, 3.05) is 7.11 Å². The molecule has 0 aliphatic heterocycles. The Labute approximate surface area is 126 Å². The molecule has 0 aliphatic carbocycles. The molecule has 0 aliphatic rings. The van der Waals surface area contributed by atoms with Gasteiger partial charge in [0.1, 0.15) is 11.6 Å². The summed E-state index contributed by atoms with van der Waals surface area (Å²) in [7, 11) is 1.61. The Kier molecular flexibility index (Phi) is 4.97. The van der Waals surface area contributed by atoms with Crippen LogP contribution in [0.25, 0.3) is 11.1 Å². The predicted molar refractivity (Wildman–Crippen MR) is 85.1 cm³/mol. The topological polar surface area (TPSA) is 21.3 Å². The standard InChI is InChI=1S/C18H22FNO/c1-12(2)20-11-14-6-5-13(3)16(9-14)17-10-15(19)7-8-18(17)21-4/h5-10,12,20H,11H2,1-4H3. The smallest absolute Gasteiger partial charge is 0.126 e. The van der Waals surface area contributed by atoms with Crippen LogP contribution in [0.15, 0.2) is 36.4 Å². The normalized spacial score (nSPS) is 11.0. The molecule has 2 aromatic rings. The van der Waals surface area contributed by atoms with Gasteiger partial charge in [-0.2, -0.15) is 0 Å². The molecule has 0 aromatic heterocycles. The number of hydrogen-bond donors (Lipinski definition) is 1. The van der Waals surface area contributed by atoms with Crippen molar-refractivity contribution in [3.8, 4) is 16.9 Å². The molecule has 0 bridgehead atoms. The third-order valence-corrected chi connectivity index (χ3v) is 3.47. The van der Waals surface area contributed by atoms with Gasteiger partial charge < -0.3 is 10.1 Å². The van der Waals surface area contributed by atoms with Crippen LogP contribution in [-0.2, 0) is 6.54 Å². The molecule has 0 saturated carbocycles. The van der Waals surface area contributed by atoms with Crippen LogP contribution >= 0.6 is 0 Å². The molecule has 1 N–H and O–H groups in total. The maximum Gasteiger partial charge on any atom is 0.126 e. The Morgan fingerprint density at radius 3 is 2.52 bits per heavy atom. The molecule has 0 heterocycles. The summed E-state index contributed by atoms with van der Waals surface area (Å²) in [4.78, 5) is 0. The number of hydrogen-bond acceptors (Lipinski definition) is 2. The van der Waals surface area contributed by atoms with Gasteiger partial charge in [-0.05, 0) is 47.9 Å². The molecule has 0 saturated heterocycles. The fourth-order valence-electron chi connectivity index (χ4n) is 2.28. The largest absolute Gasteiger partial charge is 0.496 e. The van der Waals surface area contributed by atoms with E-state index >= 15 is 0 Å². The Hall–Kier alpha value is -1.87. The van der Waals surface area contributed by atoms with Gasteiger partial charge in [-0.1, -0.05) is 26.0 Å². The summed E-state index contributed by atoms with van der Waals surface area (Å²) in [6.07, 6.45) is 0. The number of aryl methyl sites for hydroxylation is 1. The summed E-state index contributed by atoms with van der Waals surface area (Å²) in [5, 5.41) is 3.39. The molecule has 21 heavy (non-hydrogen) atoms. The number of rotatable bonds is 5. The van der Waals surface area contributed by atoms with Crippen molar-refractivity contribution < 1.29 is 9.13 Å². The molecule has 0 amide bonds. The summed E-state index contributed by atoms with van der Waals surface area (Å²) in [6, 6.07) is 11.3. The lowest BCUT2D eigenvalue weighted by Gasteiger charge is -2.14. The van der Waals surface area contributed by atoms with Crippen LogP contribution in [0.1, 0.15) is 25.0 Å². The summed E-state index contributed by atoms with van der Waals surface area (Å²) < 4.78 is 19.0. The molecule has 0 fully saturated rings. The van der Waals surface area contributed by atoms with Crippen molar-refractivity contribution in [3.63, 3.8) is 0 Å². The Morgan fingerprint density at radius 1 is 1.10 bits per heavy atom. The van der Waals surface area contributed by atoms with Gasteiger partial charge in [0.25, 0.3) is 0 Å². The van der Waals surface area contributed by atoms with Crippen molar-refractivity contribution >= 4 is 0 Å². The van der Waals surface area contributed by atoms with Crippen LogP contribution in [0, 0.1) is 12.7 Å². The van der Waals surface area contributed by atoms with Gasteiger partial charge in [0, 0.05) is 18.2 Å². The van der Waals surface area contributed by atoms with E-state index in [2.05, 4.69) is 37.4 Å². The zero-order valence-corrected chi connectivity index (χ0v) is 13.0. The maximum atomic E-state index is 13.6. The van der Waals surface area contributed by atoms with E-state index in [4.69, 9.17) is 4.74 Å². The number of benzene rings is 2. The van der Waals surface area contributed by atoms with Crippen molar-refractivity contribution in [1.82, 2.24) is 5.32 Å². The monoisotopic (exact) mass is 287 g/mol. The first-order chi connectivity index (χ1) is 10.0. The minimum Gasteiger partial charge on any atom is -0.496 e. The highest BCUT2D eigenvalue weighted by atomic mass is 19.1. The molecule has 2 nitrogen and oxygen atoms in total. The second-order valence-corrected chi connectivity index (χ2v) is 5.53. The van der Waals surface area contributed by atoms with Gasteiger partial charge >= 0.3 is 0 Å². The molecule has 0 atom stereocenters. The zero-order valence-electron chi connectivity index (χ0n) is 13.0. The highest BCUT2D eigenvalue weighted by Gasteiger charge is 2.11. The van der Waals surface area contributed by atoms with Crippen molar-refractivity contribution in [1.29, 1.82) is 0 Å². The highest BCUT2D eigenvalue weighted by Crippen LogP contribution is 2.33. The first kappa shape index (κ1) is 15.5. The Balaban J connectivity index is 2.43. The molecular weight excluding hydrogens is 265 g/mol. The van der Waals surface area contributed by atoms with E-state index in [-0.39, 0.29) is 5.82 Å². The number of halogens is 1. The minimum atomic E-state index is -0.254. The number of nitrogens with one attached hydrogen (secondary N) is 1. The summed E-state index contributed by atoms with van der Waals surface area (Å²) in [5.41, 5.74) is 4.08. The van der Waals surface area contributed by atoms with E-state index in [1.807, 2.05) is 6.92 Å². The van der Waals surface area contributed by atoms with Gasteiger partial charge in [0.05, 0.1) is 7.11 Å². The molecule has 112 valence electrons. The van der Waals surface area contributed by atoms with Crippen molar-refractivity contribution in [2.45, 2.75) is 33.4 Å². The Bertz CT molecular complexity index is 623. The summed E-state index contributed by atoms with van der Waals surface area (Å²) >= 11 is 0. The van der Waals surface area contributed by atoms with E-state index in [1.54, 1.807) is 13.2 Å². The lowest BCUT2D eigenvalue weighted by molar-refractivity contribution is 0.415. The van der Waals surface area contributed by atoms with Crippen LogP contribution in [0.2, 0.25) is 0 Å². The van der Waals surface area contributed by atoms with Crippen LogP contribution in [0.4, 0.5) is 4.39 Å². The van der Waals surface area contributed by atoms with Gasteiger partial charge in [0.15, 0.2) is 0 Å². The minimum absolute atomic E-state index is 0.254. The average Bonchev–Trinajstić information content (AvgIpc) is 2.46. The van der Waals surface area contributed by atoms with E-state index in [0.717, 1.165) is 23.2 Å². The molecule has 3 heteroatoms. The van der Waals surface area contributed by atoms with Crippen LogP contribution in [0.5, 0.6) is 5.75 Å². The second kappa shape index (κ2) is 6.72. The number of methoxy groups -OCH3 is 1. The van der Waals surface area contributed by atoms with Gasteiger partial charge in [0.2, 0.25) is 0 Å². The molecule has 2 rings (SSSR count). The third-order valence-electron chi connectivity index (χ3n) is 3.47. The van der Waals surface area contributed by atoms with Crippen molar-refractivity contribution in [2.24, 2.45) is 0 Å². The van der Waals surface area contributed by atoms with Crippen LogP contribution in [-0.4, -0.2) is 13.2 Å². The predicted octanol–water partition coefficient (Wildman–Crippen LogP) is 4.31. The Morgan fingerprint density at radius 2 is 1.86 bits per heavy atom. The fourth-order valence-corrected chi connectivity index (χ4v) is 2.28. The third kappa shape index (κ3) is 3.82. The molecule has 0 spiro atoms. The van der Waals surface area contributed by atoms with E-state index in [1.165, 1.54) is 17.7 Å². The molecule has 0 radical (unpaired) electrons. The van der Waals surface area contributed by atoms with Crippen LogP contribution < -0.4 is 10.1 Å².